The summed E-state index contributed by atoms with van der Waals surface area (Å²) >= 11 is 1.71. The molecule has 23 heavy (non-hydrogen) atoms. The zero-order valence-electron chi connectivity index (χ0n) is 12.9. The highest BCUT2D eigenvalue weighted by molar-refractivity contribution is 7.99. The molecular weight excluding hydrogens is 312 g/mol. The van der Waals surface area contributed by atoms with Crippen LogP contribution >= 0.6 is 11.8 Å². The first kappa shape index (κ1) is 15.0. The molecule has 2 saturated heterocycles. The van der Waals surface area contributed by atoms with Crippen LogP contribution in [0, 0.1) is 5.92 Å². The normalized spacial score (nSPS) is 30.4. The van der Waals surface area contributed by atoms with E-state index in [2.05, 4.69) is 11.4 Å². The van der Waals surface area contributed by atoms with E-state index in [1.807, 2.05) is 18.2 Å². The number of benzene rings is 1. The van der Waals surface area contributed by atoms with Gasteiger partial charge in [0.05, 0.1) is 6.04 Å². The summed E-state index contributed by atoms with van der Waals surface area (Å²) in [5, 5.41) is 2.88. The zero-order chi connectivity index (χ0) is 15.8. The van der Waals surface area contributed by atoms with Crippen molar-refractivity contribution in [2.75, 3.05) is 19.0 Å². The molecule has 4 rings (SSSR count). The third-order valence-electron chi connectivity index (χ3n) is 4.86. The molecule has 1 aromatic rings. The number of carbonyl (C=O) groups is 2. The number of thioether (sulfide) groups is 1. The highest BCUT2D eigenvalue weighted by Gasteiger charge is 2.45. The maximum absolute atomic E-state index is 12.8. The van der Waals surface area contributed by atoms with Crippen molar-refractivity contribution in [3.8, 4) is 0 Å². The van der Waals surface area contributed by atoms with Gasteiger partial charge in [0.15, 0.2) is 0 Å². The van der Waals surface area contributed by atoms with Gasteiger partial charge < -0.3 is 10.1 Å². The van der Waals surface area contributed by atoms with Gasteiger partial charge in [0.1, 0.15) is 6.04 Å². The first-order valence-corrected chi connectivity index (χ1v) is 9.15. The number of ether oxygens (including phenoxy) is 1. The molecule has 0 radical (unpaired) electrons. The summed E-state index contributed by atoms with van der Waals surface area (Å²) in [7, 11) is 0. The van der Waals surface area contributed by atoms with E-state index >= 15 is 0 Å². The number of hydrogen-bond acceptors (Lipinski definition) is 4. The Hall–Kier alpha value is -1.53. The summed E-state index contributed by atoms with van der Waals surface area (Å²) in [6.45, 7) is 1.51. The van der Waals surface area contributed by atoms with E-state index in [4.69, 9.17) is 4.74 Å². The maximum atomic E-state index is 12.8. The highest BCUT2D eigenvalue weighted by Crippen LogP contribution is 2.42. The Labute approximate surface area is 139 Å². The Kier molecular flexibility index (Phi) is 4.03. The van der Waals surface area contributed by atoms with Crippen molar-refractivity contribution in [3.63, 3.8) is 0 Å². The highest BCUT2D eigenvalue weighted by atomic mass is 32.2. The van der Waals surface area contributed by atoms with Gasteiger partial charge in [-0.1, -0.05) is 18.2 Å². The Balaban J connectivity index is 1.50. The number of carbonyl (C=O) groups excluding carboxylic acids is 2. The van der Waals surface area contributed by atoms with Gasteiger partial charge in [0, 0.05) is 23.9 Å². The van der Waals surface area contributed by atoms with E-state index in [0.29, 0.717) is 18.9 Å². The minimum absolute atomic E-state index is 0.0807. The van der Waals surface area contributed by atoms with Crippen molar-refractivity contribution in [1.82, 2.24) is 10.2 Å². The quantitative estimate of drug-likeness (QED) is 0.864. The second-order valence-corrected chi connectivity index (χ2v) is 7.46. The molecule has 3 amide bonds. The van der Waals surface area contributed by atoms with Crippen molar-refractivity contribution in [2.45, 2.75) is 36.2 Å². The van der Waals surface area contributed by atoms with Crippen molar-refractivity contribution in [3.05, 3.63) is 29.8 Å². The number of rotatable bonds is 3. The number of urea groups is 1. The maximum Gasteiger partial charge on any atom is 0.325 e. The predicted molar refractivity (Wildman–Crippen MR) is 87.2 cm³/mol. The standard InChI is InChI=1S/C17H20N2O3S/c20-16-13(8-11-4-3-7-22-9-11)18-17(21)19(16)14-10-23-15-6-2-1-5-12(14)15/h1-2,5-6,11,13-14H,3-4,7-10H2,(H,18,21). The average Bonchev–Trinajstić information content (AvgIpc) is 3.10. The summed E-state index contributed by atoms with van der Waals surface area (Å²) in [5.41, 5.74) is 1.09. The lowest BCUT2D eigenvalue weighted by atomic mass is 9.94. The van der Waals surface area contributed by atoms with Crippen LogP contribution in [0.25, 0.3) is 0 Å². The lowest BCUT2D eigenvalue weighted by Crippen LogP contribution is -2.36. The fourth-order valence-corrected chi connectivity index (χ4v) is 4.90. The number of imide groups is 1. The number of hydrogen-bond donors (Lipinski definition) is 1. The molecule has 3 heterocycles. The zero-order valence-corrected chi connectivity index (χ0v) is 13.7. The number of amides is 3. The Morgan fingerprint density at radius 2 is 2.17 bits per heavy atom. The van der Waals surface area contributed by atoms with E-state index in [0.717, 1.165) is 30.8 Å². The number of nitrogens with zero attached hydrogens (tertiary/aromatic N) is 1. The van der Waals surface area contributed by atoms with Gasteiger partial charge in [-0.3, -0.25) is 9.69 Å². The van der Waals surface area contributed by atoms with E-state index < -0.39 is 6.04 Å². The molecule has 3 unspecified atom stereocenters. The van der Waals surface area contributed by atoms with Gasteiger partial charge >= 0.3 is 6.03 Å². The second kappa shape index (κ2) is 6.17. The summed E-state index contributed by atoms with van der Waals surface area (Å²) in [6.07, 6.45) is 2.79. The molecule has 3 aliphatic heterocycles. The molecule has 0 spiro atoms. The van der Waals surface area contributed by atoms with E-state index in [1.54, 1.807) is 11.8 Å². The number of nitrogens with one attached hydrogen (secondary N) is 1. The van der Waals surface area contributed by atoms with Crippen molar-refractivity contribution in [1.29, 1.82) is 0 Å². The van der Waals surface area contributed by atoms with Crippen molar-refractivity contribution in [2.24, 2.45) is 5.92 Å². The fraction of sp³-hybridized carbons (Fsp3) is 0.529. The topological polar surface area (TPSA) is 58.6 Å². The van der Waals surface area contributed by atoms with E-state index in [9.17, 15) is 9.59 Å². The summed E-state index contributed by atoms with van der Waals surface area (Å²) in [4.78, 5) is 27.8. The van der Waals surface area contributed by atoms with Crippen LogP contribution in [0.2, 0.25) is 0 Å². The molecule has 2 fully saturated rings. The fourth-order valence-electron chi connectivity index (χ4n) is 3.69. The lowest BCUT2D eigenvalue weighted by molar-refractivity contribution is -0.129. The number of fused-ring (bicyclic) bond motifs is 1. The first-order chi connectivity index (χ1) is 11.2. The molecule has 5 nitrogen and oxygen atoms in total. The van der Waals surface area contributed by atoms with Crippen LogP contribution < -0.4 is 5.32 Å². The third kappa shape index (κ3) is 2.74. The van der Waals surface area contributed by atoms with Crippen LogP contribution in [0.3, 0.4) is 0 Å². The molecule has 3 atom stereocenters. The van der Waals surface area contributed by atoms with Crippen LogP contribution in [-0.2, 0) is 9.53 Å². The molecule has 0 aromatic heterocycles. The van der Waals surface area contributed by atoms with Gasteiger partial charge in [-0.05, 0) is 36.8 Å². The van der Waals surface area contributed by atoms with Gasteiger partial charge in [-0.2, -0.15) is 0 Å². The van der Waals surface area contributed by atoms with Gasteiger partial charge in [0.25, 0.3) is 5.91 Å². The Bertz CT molecular complexity index is 630. The SMILES string of the molecule is O=C1NC(CC2CCCOC2)C(=O)N1C1CSc2ccccc21. The molecule has 6 heteroatoms. The van der Waals surface area contributed by atoms with Gasteiger partial charge in [0.2, 0.25) is 0 Å². The van der Waals surface area contributed by atoms with Gasteiger partial charge in [-0.15, -0.1) is 11.8 Å². The molecule has 3 aliphatic rings. The van der Waals surface area contributed by atoms with E-state index in [-0.39, 0.29) is 18.0 Å². The molecule has 0 bridgehead atoms. The largest absolute Gasteiger partial charge is 0.381 e. The second-order valence-electron chi connectivity index (χ2n) is 6.39. The van der Waals surface area contributed by atoms with E-state index in [1.165, 1.54) is 9.80 Å². The van der Waals surface area contributed by atoms with Crippen LogP contribution in [0.1, 0.15) is 30.9 Å². The lowest BCUT2D eigenvalue weighted by Gasteiger charge is -2.24. The smallest absolute Gasteiger partial charge is 0.325 e. The van der Waals surface area contributed by atoms with Crippen LogP contribution in [0.15, 0.2) is 29.2 Å². The summed E-state index contributed by atoms with van der Waals surface area (Å²) in [6, 6.07) is 7.24. The molecule has 0 aliphatic carbocycles. The molecule has 1 aromatic carbocycles. The third-order valence-corrected chi connectivity index (χ3v) is 6.03. The van der Waals surface area contributed by atoms with Crippen LogP contribution in [0.5, 0.6) is 0 Å². The molecule has 122 valence electrons. The minimum Gasteiger partial charge on any atom is -0.381 e. The average molecular weight is 332 g/mol. The van der Waals surface area contributed by atoms with Crippen molar-refractivity contribution >= 4 is 23.7 Å². The minimum atomic E-state index is -0.396. The summed E-state index contributed by atoms with van der Waals surface area (Å²) in [5.74, 6) is 1.03. The molecule has 0 saturated carbocycles. The van der Waals surface area contributed by atoms with Crippen molar-refractivity contribution < 1.29 is 14.3 Å². The molecule has 1 N–H and O–H groups in total. The molecular formula is C17H20N2O3S. The van der Waals surface area contributed by atoms with Gasteiger partial charge in [-0.25, -0.2) is 4.79 Å². The predicted octanol–water partition coefficient (Wildman–Crippen LogP) is 2.57. The van der Waals surface area contributed by atoms with Crippen LogP contribution in [0.4, 0.5) is 4.79 Å². The monoisotopic (exact) mass is 332 g/mol. The Morgan fingerprint density at radius 1 is 1.30 bits per heavy atom. The Morgan fingerprint density at radius 3 is 3.00 bits per heavy atom. The first-order valence-electron chi connectivity index (χ1n) is 8.17. The van der Waals surface area contributed by atoms with Crippen LogP contribution in [-0.4, -0.2) is 41.8 Å². The summed E-state index contributed by atoms with van der Waals surface area (Å²) < 4.78 is 5.49.